The molecule has 0 spiro atoms. The van der Waals surface area contributed by atoms with Crippen molar-refractivity contribution in [2.45, 2.75) is 11.8 Å². The predicted octanol–water partition coefficient (Wildman–Crippen LogP) is 3.35. The van der Waals surface area contributed by atoms with E-state index in [1.54, 1.807) is 18.2 Å². The van der Waals surface area contributed by atoms with Crippen LogP contribution in [0.15, 0.2) is 58.2 Å². The Bertz CT molecular complexity index is 912. The van der Waals surface area contributed by atoms with E-state index in [1.807, 2.05) is 43.3 Å². The maximum absolute atomic E-state index is 13.7. The highest BCUT2D eigenvalue weighted by atomic mass is 32.2. The van der Waals surface area contributed by atoms with Gasteiger partial charge in [-0.25, -0.2) is 4.39 Å². The van der Waals surface area contributed by atoms with Gasteiger partial charge in [0.25, 0.3) is 11.1 Å². The second-order valence-electron chi connectivity index (χ2n) is 5.98. The number of nitrogens with one attached hydrogen (secondary N) is 1. The highest BCUT2D eigenvalue weighted by molar-refractivity contribution is 7.99. The molecular weight excluding hydrogens is 367 g/mol. The fourth-order valence-corrected chi connectivity index (χ4v) is 2.90. The third-order valence-corrected chi connectivity index (χ3v) is 4.60. The van der Waals surface area contributed by atoms with Gasteiger partial charge in [0.05, 0.1) is 11.3 Å². The molecule has 1 N–H and O–H groups in total. The molecule has 8 heteroatoms. The molecule has 1 amide bonds. The van der Waals surface area contributed by atoms with Crippen LogP contribution in [0.25, 0.3) is 11.5 Å². The first-order valence-electron chi connectivity index (χ1n) is 8.27. The summed E-state index contributed by atoms with van der Waals surface area (Å²) in [6.07, 6.45) is 0. The minimum absolute atomic E-state index is 0.0944. The van der Waals surface area contributed by atoms with Crippen molar-refractivity contribution >= 4 is 23.4 Å². The van der Waals surface area contributed by atoms with Crippen molar-refractivity contribution in [3.05, 3.63) is 59.9 Å². The molecule has 0 saturated heterocycles. The number of carbonyl (C=O) groups is 1. The molecule has 140 valence electrons. The largest absolute Gasteiger partial charge is 0.411 e. The fraction of sp³-hybridized carbons (Fsp3) is 0.211. The summed E-state index contributed by atoms with van der Waals surface area (Å²) in [6, 6.07) is 14.1. The Morgan fingerprint density at radius 2 is 1.89 bits per heavy atom. The monoisotopic (exact) mass is 386 g/mol. The molecule has 3 rings (SSSR count). The second kappa shape index (κ2) is 8.68. The fourth-order valence-electron chi connectivity index (χ4n) is 2.30. The zero-order valence-corrected chi connectivity index (χ0v) is 15.8. The molecule has 0 saturated carbocycles. The Morgan fingerprint density at radius 3 is 2.59 bits per heavy atom. The van der Waals surface area contributed by atoms with E-state index in [0.29, 0.717) is 6.54 Å². The van der Waals surface area contributed by atoms with Crippen LogP contribution in [-0.4, -0.2) is 36.0 Å². The van der Waals surface area contributed by atoms with Gasteiger partial charge in [-0.15, -0.1) is 10.2 Å². The molecule has 0 aliphatic carbocycles. The Labute approximate surface area is 160 Å². The van der Waals surface area contributed by atoms with Gasteiger partial charge < -0.3 is 14.6 Å². The molecule has 0 radical (unpaired) electrons. The summed E-state index contributed by atoms with van der Waals surface area (Å²) in [5.41, 5.74) is 2.35. The van der Waals surface area contributed by atoms with Crippen molar-refractivity contribution in [2.75, 3.05) is 24.7 Å². The molecule has 2 aromatic carbocycles. The van der Waals surface area contributed by atoms with E-state index >= 15 is 0 Å². The predicted molar refractivity (Wildman–Crippen MR) is 103 cm³/mol. The van der Waals surface area contributed by atoms with E-state index in [-0.39, 0.29) is 28.3 Å². The number of aromatic nitrogens is 2. The summed E-state index contributed by atoms with van der Waals surface area (Å²) in [5, 5.41) is 10.7. The molecule has 0 aliphatic heterocycles. The molecule has 1 heterocycles. The van der Waals surface area contributed by atoms with Crippen LogP contribution in [0, 0.1) is 5.82 Å². The van der Waals surface area contributed by atoms with Gasteiger partial charge in [0, 0.05) is 26.3 Å². The third kappa shape index (κ3) is 5.07. The average molecular weight is 386 g/mol. The highest BCUT2D eigenvalue weighted by Crippen LogP contribution is 2.24. The number of benzene rings is 2. The number of nitrogens with zero attached hydrogens (tertiary/aromatic N) is 3. The summed E-state index contributed by atoms with van der Waals surface area (Å²) in [6.45, 7) is 0.442. The van der Waals surface area contributed by atoms with Gasteiger partial charge in [0.15, 0.2) is 0 Å². The van der Waals surface area contributed by atoms with Crippen LogP contribution in [-0.2, 0) is 11.3 Å². The van der Waals surface area contributed by atoms with Crippen LogP contribution in [0.3, 0.4) is 0 Å². The minimum Gasteiger partial charge on any atom is -0.411 e. The van der Waals surface area contributed by atoms with E-state index < -0.39 is 5.82 Å². The zero-order valence-electron chi connectivity index (χ0n) is 15.0. The summed E-state index contributed by atoms with van der Waals surface area (Å²) in [4.78, 5) is 14.0. The Balaban J connectivity index is 1.49. The average Bonchev–Trinajstić information content (AvgIpc) is 3.14. The molecule has 0 aliphatic rings. The van der Waals surface area contributed by atoms with Gasteiger partial charge in [0.1, 0.15) is 5.82 Å². The Morgan fingerprint density at radius 1 is 1.15 bits per heavy atom. The van der Waals surface area contributed by atoms with Crippen molar-refractivity contribution in [3.63, 3.8) is 0 Å². The lowest BCUT2D eigenvalue weighted by atomic mass is 10.2. The molecule has 0 bridgehead atoms. The lowest BCUT2D eigenvalue weighted by Gasteiger charge is -2.12. The molecule has 1 aromatic heterocycles. The molecule has 0 atom stereocenters. The maximum Gasteiger partial charge on any atom is 0.277 e. The number of hydrogen-bond acceptors (Lipinski definition) is 6. The summed E-state index contributed by atoms with van der Waals surface area (Å²) >= 11 is 1.11. The van der Waals surface area contributed by atoms with Gasteiger partial charge in [0.2, 0.25) is 5.91 Å². The second-order valence-corrected chi connectivity index (χ2v) is 6.91. The number of rotatable bonds is 7. The van der Waals surface area contributed by atoms with Crippen LogP contribution >= 0.6 is 11.8 Å². The number of thioether (sulfide) groups is 1. The van der Waals surface area contributed by atoms with Crippen molar-refractivity contribution in [2.24, 2.45) is 0 Å². The highest BCUT2D eigenvalue weighted by Gasteiger charge is 2.14. The van der Waals surface area contributed by atoms with Gasteiger partial charge in [-0.3, -0.25) is 4.79 Å². The molecule has 3 aromatic rings. The Kier molecular flexibility index (Phi) is 6.08. The van der Waals surface area contributed by atoms with Crippen molar-refractivity contribution in [1.29, 1.82) is 0 Å². The summed E-state index contributed by atoms with van der Waals surface area (Å²) in [5.74, 6) is -0.357. The first-order valence-corrected chi connectivity index (χ1v) is 9.25. The smallest absolute Gasteiger partial charge is 0.277 e. The van der Waals surface area contributed by atoms with E-state index in [1.165, 1.54) is 6.07 Å². The van der Waals surface area contributed by atoms with E-state index in [2.05, 4.69) is 15.5 Å². The van der Waals surface area contributed by atoms with Crippen molar-refractivity contribution in [3.8, 4) is 11.5 Å². The standard InChI is InChI=1S/C19H19FN4O2S/c1-24(2)14-9-7-13(8-10-14)11-21-17(25)12-27-19-23-22-18(26-19)15-5-3-4-6-16(15)20/h3-10H,11-12H2,1-2H3,(H,21,25). The summed E-state index contributed by atoms with van der Waals surface area (Å²) < 4.78 is 19.1. The number of hydrogen-bond donors (Lipinski definition) is 1. The molecule has 6 nitrogen and oxygen atoms in total. The Hall–Kier alpha value is -2.87. The topological polar surface area (TPSA) is 71.3 Å². The molecule has 0 fully saturated rings. The number of anilines is 1. The van der Waals surface area contributed by atoms with E-state index in [0.717, 1.165) is 23.0 Å². The van der Waals surface area contributed by atoms with Gasteiger partial charge in [-0.1, -0.05) is 36.0 Å². The van der Waals surface area contributed by atoms with Crippen LogP contribution in [0.5, 0.6) is 0 Å². The molecular formula is C19H19FN4O2S. The van der Waals surface area contributed by atoms with Gasteiger partial charge >= 0.3 is 0 Å². The first kappa shape index (κ1) is 18.9. The van der Waals surface area contributed by atoms with Gasteiger partial charge in [-0.2, -0.15) is 0 Å². The zero-order chi connectivity index (χ0) is 19.2. The first-order chi connectivity index (χ1) is 13.0. The van der Waals surface area contributed by atoms with E-state index in [4.69, 9.17) is 4.42 Å². The lowest BCUT2D eigenvalue weighted by Crippen LogP contribution is -2.24. The SMILES string of the molecule is CN(C)c1ccc(CNC(=O)CSc2nnc(-c3ccccc3F)o2)cc1. The lowest BCUT2D eigenvalue weighted by molar-refractivity contribution is -0.118. The quantitative estimate of drug-likeness (QED) is 0.628. The summed E-state index contributed by atoms with van der Waals surface area (Å²) in [7, 11) is 3.95. The van der Waals surface area contributed by atoms with Crippen LogP contribution < -0.4 is 10.2 Å². The number of carbonyl (C=O) groups excluding carboxylic acids is 1. The molecule has 27 heavy (non-hydrogen) atoms. The molecule has 0 unspecified atom stereocenters. The van der Waals surface area contributed by atoms with Gasteiger partial charge in [-0.05, 0) is 29.8 Å². The van der Waals surface area contributed by atoms with Crippen LogP contribution in [0.2, 0.25) is 0 Å². The van der Waals surface area contributed by atoms with E-state index in [9.17, 15) is 9.18 Å². The number of halogens is 1. The third-order valence-electron chi connectivity index (χ3n) is 3.78. The van der Waals surface area contributed by atoms with Crippen molar-refractivity contribution in [1.82, 2.24) is 15.5 Å². The minimum atomic E-state index is -0.435. The van der Waals surface area contributed by atoms with Crippen molar-refractivity contribution < 1.29 is 13.6 Å². The normalized spacial score (nSPS) is 10.6. The maximum atomic E-state index is 13.7. The van der Waals surface area contributed by atoms with Crippen LogP contribution in [0.4, 0.5) is 10.1 Å². The van der Waals surface area contributed by atoms with Crippen LogP contribution in [0.1, 0.15) is 5.56 Å². The number of amides is 1.